The number of aliphatic hydroxyl groups is 1. The Labute approximate surface area is 149 Å². The molecular weight excluding hydrogens is 351 g/mol. The van der Waals surface area contributed by atoms with Crippen molar-refractivity contribution < 1.29 is 27.8 Å². The first-order valence-electron chi connectivity index (χ1n) is 8.62. The predicted octanol–water partition coefficient (Wildman–Crippen LogP) is 2.69. The molecular formula is C17H22F3N3O3. The molecule has 2 amide bonds. The summed E-state index contributed by atoms with van der Waals surface area (Å²) in [7, 11) is 0. The Bertz CT molecular complexity index is 642. The highest BCUT2D eigenvalue weighted by molar-refractivity contribution is 5.75. The molecule has 6 nitrogen and oxygen atoms in total. The summed E-state index contributed by atoms with van der Waals surface area (Å²) in [6, 6.07) is 1.76. The topological polar surface area (TPSA) is 83.5 Å². The van der Waals surface area contributed by atoms with Crippen LogP contribution in [0.3, 0.4) is 0 Å². The largest absolute Gasteiger partial charge is 0.468 e. The molecule has 2 aliphatic rings. The fourth-order valence-electron chi connectivity index (χ4n) is 3.67. The third-order valence-corrected chi connectivity index (χ3v) is 5.14. The molecule has 0 aromatic carbocycles. The summed E-state index contributed by atoms with van der Waals surface area (Å²) in [6.07, 6.45) is 2.48. The highest BCUT2D eigenvalue weighted by Gasteiger charge is 2.48. The fourth-order valence-corrected chi connectivity index (χ4v) is 3.67. The van der Waals surface area contributed by atoms with Crippen molar-refractivity contribution >= 4 is 6.03 Å². The van der Waals surface area contributed by atoms with E-state index in [0.717, 1.165) is 12.8 Å². The SMILES string of the molecule is O=C(NC1CC2(CCC2)C1)NC(CO)c1ccnc(OCC(F)(F)F)c1. The van der Waals surface area contributed by atoms with Crippen molar-refractivity contribution in [3.8, 4) is 5.88 Å². The van der Waals surface area contributed by atoms with E-state index in [1.54, 1.807) is 0 Å². The van der Waals surface area contributed by atoms with E-state index in [-0.39, 0.29) is 11.9 Å². The maximum atomic E-state index is 12.2. The second kappa shape index (κ2) is 7.30. The summed E-state index contributed by atoms with van der Waals surface area (Å²) >= 11 is 0. The van der Waals surface area contributed by atoms with Gasteiger partial charge in [0.15, 0.2) is 6.61 Å². The summed E-state index contributed by atoms with van der Waals surface area (Å²) in [5.74, 6) is -0.216. The maximum absolute atomic E-state index is 12.2. The van der Waals surface area contributed by atoms with Gasteiger partial charge in [-0.05, 0) is 42.7 Å². The fraction of sp³-hybridized carbons (Fsp3) is 0.647. The molecule has 1 aromatic rings. The van der Waals surface area contributed by atoms with Crippen molar-refractivity contribution in [2.45, 2.75) is 50.4 Å². The monoisotopic (exact) mass is 373 g/mol. The molecule has 1 atom stereocenters. The predicted molar refractivity (Wildman–Crippen MR) is 86.6 cm³/mol. The smallest absolute Gasteiger partial charge is 0.422 e. The number of urea groups is 1. The average molecular weight is 373 g/mol. The molecule has 0 aliphatic heterocycles. The van der Waals surface area contributed by atoms with Crippen LogP contribution in [0.4, 0.5) is 18.0 Å². The lowest BCUT2D eigenvalue weighted by Gasteiger charge is -2.54. The molecule has 1 heterocycles. The number of nitrogens with zero attached hydrogens (tertiary/aromatic N) is 1. The van der Waals surface area contributed by atoms with E-state index in [2.05, 4.69) is 20.4 Å². The second-order valence-corrected chi connectivity index (χ2v) is 7.14. The Balaban J connectivity index is 1.52. The Hall–Kier alpha value is -2.03. The zero-order valence-corrected chi connectivity index (χ0v) is 14.2. The van der Waals surface area contributed by atoms with Gasteiger partial charge in [0.1, 0.15) is 0 Å². The first-order valence-corrected chi connectivity index (χ1v) is 8.62. The van der Waals surface area contributed by atoms with Gasteiger partial charge in [-0.2, -0.15) is 13.2 Å². The van der Waals surface area contributed by atoms with E-state index in [0.29, 0.717) is 11.0 Å². The van der Waals surface area contributed by atoms with E-state index in [1.807, 2.05) is 0 Å². The van der Waals surface area contributed by atoms with Crippen molar-refractivity contribution in [3.63, 3.8) is 0 Å². The van der Waals surface area contributed by atoms with Crippen molar-refractivity contribution in [2.24, 2.45) is 5.41 Å². The van der Waals surface area contributed by atoms with Gasteiger partial charge < -0.3 is 20.5 Å². The molecule has 1 unspecified atom stereocenters. The molecule has 2 aliphatic carbocycles. The molecule has 1 aromatic heterocycles. The number of nitrogens with one attached hydrogen (secondary N) is 2. The summed E-state index contributed by atoms with van der Waals surface area (Å²) < 4.78 is 41.3. The molecule has 0 radical (unpaired) electrons. The molecule has 144 valence electrons. The van der Waals surface area contributed by atoms with Crippen LogP contribution in [0, 0.1) is 5.41 Å². The zero-order chi connectivity index (χ0) is 18.8. The first-order chi connectivity index (χ1) is 12.3. The first kappa shape index (κ1) is 18.8. The molecule has 3 N–H and O–H groups in total. The van der Waals surface area contributed by atoms with E-state index in [1.165, 1.54) is 37.6 Å². The molecule has 9 heteroatoms. The highest BCUT2D eigenvalue weighted by atomic mass is 19.4. The standard InChI is InChI=1S/C17H22F3N3O3/c18-17(19,20)10-26-14-6-11(2-5-21-14)13(9-24)23-15(25)22-12-7-16(8-12)3-1-4-16/h2,5-6,12-13,24H,1,3-4,7-10H2,(H2,22,23,25). The quantitative estimate of drug-likeness (QED) is 0.716. The zero-order valence-electron chi connectivity index (χ0n) is 14.2. The minimum atomic E-state index is -4.47. The van der Waals surface area contributed by atoms with Crippen molar-refractivity contribution in [3.05, 3.63) is 23.9 Å². The van der Waals surface area contributed by atoms with Crippen molar-refractivity contribution in [1.82, 2.24) is 15.6 Å². The van der Waals surface area contributed by atoms with Crippen LogP contribution in [-0.4, -0.2) is 41.6 Å². The Morgan fingerprint density at radius 2 is 2.15 bits per heavy atom. The Morgan fingerprint density at radius 3 is 2.73 bits per heavy atom. The number of hydrogen-bond donors (Lipinski definition) is 3. The molecule has 3 rings (SSSR count). The lowest BCUT2D eigenvalue weighted by atomic mass is 9.54. The number of hydrogen-bond acceptors (Lipinski definition) is 4. The minimum absolute atomic E-state index is 0.137. The third kappa shape index (κ3) is 4.57. The van der Waals surface area contributed by atoms with Crippen molar-refractivity contribution in [2.75, 3.05) is 13.2 Å². The third-order valence-electron chi connectivity index (χ3n) is 5.14. The summed E-state index contributed by atoms with van der Waals surface area (Å²) in [4.78, 5) is 15.8. The van der Waals surface area contributed by atoms with E-state index in [9.17, 15) is 23.1 Å². The number of rotatable bonds is 6. The Kier molecular flexibility index (Phi) is 5.27. The van der Waals surface area contributed by atoms with Crippen LogP contribution in [0.2, 0.25) is 0 Å². The van der Waals surface area contributed by atoms with Crippen LogP contribution >= 0.6 is 0 Å². The number of carbonyl (C=O) groups excluding carboxylic acids is 1. The summed E-state index contributed by atoms with van der Waals surface area (Å²) in [5, 5.41) is 15.0. The van der Waals surface area contributed by atoms with Crippen molar-refractivity contribution in [1.29, 1.82) is 0 Å². The van der Waals surface area contributed by atoms with E-state index >= 15 is 0 Å². The lowest BCUT2D eigenvalue weighted by molar-refractivity contribution is -0.154. The van der Waals surface area contributed by atoms with Gasteiger partial charge in [-0.3, -0.25) is 0 Å². The van der Waals surface area contributed by atoms with Crippen LogP contribution in [0.15, 0.2) is 18.3 Å². The van der Waals surface area contributed by atoms with Crippen LogP contribution in [-0.2, 0) is 0 Å². The van der Waals surface area contributed by atoms with E-state index in [4.69, 9.17) is 0 Å². The number of aromatic nitrogens is 1. The van der Waals surface area contributed by atoms with Crippen LogP contribution in [0.25, 0.3) is 0 Å². The van der Waals surface area contributed by atoms with Gasteiger partial charge in [-0.1, -0.05) is 6.42 Å². The number of carbonyl (C=O) groups is 1. The van der Waals surface area contributed by atoms with Gasteiger partial charge in [0.25, 0.3) is 0 Å². The molecule has 1 spiro atoms. The van der Waals surface area contributed by atoms with Crippen LogP contribution in [0.1, 0.15) is 43.7 Å². The lowest BCUT2D eigenvalue weighted by Crippen LogP contribution is -2.55. The number of aliphatic hydroxyl groups excluding tert-OH is 1. The maximum Gasteiger partial charge on any atom is 0.422 e. The molecule has 2 saturated carbocycles. The molecule has 0 bridgehead atoms. The minimum Gasteiger partial charge on any atom is -0.468 e. The molecule has 26 heavy (non-hydrogen) atoms. The van der Waals surface area contributed by atoms with Crippen LogP contribution in [0.5, 0.6) is 5.88 Å². The number of alkyl halides is 3. The highest BCUT2D eigenvalue weighted by Crippen LogP contribution is 2.55. The van der Waals surface area contributed by atoms with Gasteiger partial charge in [0, 0.05) is 18.3 Å². The van der Waals surface area contributed by atoms with Gasteiger partial charge in [0.2, 0.25) is 5.88 Å². The number of amides is 2. The van der Waals surface area contributed by atoms with Gasteiger partial charge >= 0.3 is 12.2 Å². The van der Waals surface area contributed by atoms with Gasteiger partial charge in [-0.25, -0.2) is 9.78 Å². The summed E-state index contributed by atoms with van der Waals surface area (Å²) in [5.41, 5.74) is 0.850. The molecule has 0 saturated heterocycles. The summed E-state index contributed by atoms with van der Waals surface area (Å²) in [6.45, 7) is -1.85. The number of pyridine rings is 1. The Morgan fingerprint density at radius 1 is 1.42 bits per heavy atom. The number of halogens is 3. The van der Waals surface area contributed by atoms with Gasteiger partial charge in [-0.15, -0.1) is 0 Å². The number of ether oxygens (including phenoxy) is 1. The normalized spacial score (nSPS) is 20.0. The van der Waals surface area contributed by atoms with E-state index < -0.39 is 31.5 Å². The van der Waals surface area contributed by atoms with Gasteiger partial charge in [0.05, 0.1) is 12.6 Å². The van der Waals surface area contributed by atoms with Crippen LogP contribution < -0.4 is 15.4 Å². The second-order valence-electron chi connectivity index (χ2n) is 7.14. The average Bonchev–Trinajstić information content (AvgIpc) is 2.51. The molecule has 2 fully saturated rings.